The van der Waals surface area contributed by atoms with Gasteiger partial charge in [-0.25, -0.2) is 4.39 Å². The summed E-state index contributed by atoms with van der Waals surface area (Å²) in [7, 11) is 1.92. The number of hydrogen-bond acceptors (Lipinski definition) is 2. The Morgan fingerprint density at radius 2 is 1.90 bits per heavy atom. The summed E-state index contributed by atoms with van der Waals surface area (Å²) in [6.45, 7) is 3.52. The molecule has 0 aromatic heterocycles. The van der Waals surface area contributed by atoms with E-state index in [0.29, 0.717) is 12.2 Å². The van der Waals surface area contributed by atoms with Gasteiger partial charge in [-0.2, -0.15) is 0 Å². The SMILES string of the molecule is CCN(c1ccccc1F)c1ccc(CNC)cc1Br. The lowest BCUT2D eigenvalue weighted by molar-refractivity contribution is 0.625. The van der Waals surface area contributed by atoms with Gasteiger partial charge in [0.25, 0.3) is 0 Å². The van der Waals surface area contributed by atoms with Gasteiger partial charge < -0.3 is 10.2 Å². The molecule has 20 heavy (non-hydrogen) atoms. The monoisotopic (exact) mass is 336 g/mol. The van der Waals surface area contributed by atoms with Crippen LogP contribution in [0.25, 0.3) is 0 Å². The fourth-order valence-corrected chi connectivity index (χ4v) is 2.86. The molecule has 0 fully saturated rings. The Labute approximate surface area is 127 Å². The molecular weight excluding hydrogens is 319 g/mol. The molecule has 0 atom stereocenters. The van der Waals surface area contributed by atoms with Crippen molar-refractivity contribution >= 4 is 27.3 Å². The molecule has 2 nitrogen and oxygen atoms in total. The fourth-order valence-electron chi connectivity index (χ4n) is 2.22. The fraction of sp³-hybridized carbons (Fsp3) is 0.250. The zero-order chi connectivity index (χ0) is 14.5. The second kappa shape index (κ2) is 6.86. The maximum atomic E-state index is 14.0. The highest BCUT2D eigenvalue weighted by Crippen LogP contribution is 2.33. The van der Waals surface area contributed by atoms with Gasteiger partial charge in [-0.05, 0) is 59.7 Å². The number of rotatable bonds is 5. The molecule has 2 aromatic carbocycles. The Morgan fingerprint density at radius 1 is 1.15 bits per heavy atom. The first kappa shape index (κ1) is 15.0. The van der Waals surface area contributed by atoms with E-state index >= 15 is 0 Å². The van der Waals surface area contributed by atoms with E-state index in [-0.39, 0.29) is 5.82 Å². The summed E-state index contributed by atoms with van der Waals surface area (Å²) in [5.74, 6) is -0.208. The summed E-state index contributed by atoms with van der Waals surface area (Å²) in [5, 5.41) is 3.12. The van der Waals surface area contributed by atoms with E-state index in [9.17, 15) is 4.39 Å². The summed E-state index contributed by atoms with van der Waals surface area (Å²) >= 11 is 3.59. The molecular formula is C16H18BrFN2. The van der Waals surface area contributed by atoms with Gasteiger partial charge >= 0.3 is 0 Å². The topological polar surface area (TPSA) is 15.3 Å². The highest BCUT2D eigenvalue weighted by Gasteiger charge is 2.14. The molecule has 0 radical (unpaired) electrons. The number of nitrogens with zero attached hydrogens (tertiary/aromatic N) is 1. The summed E-state index contributed by atoms with van der Waals surface area (Å²) < 4.78 is 14.9. The number of para-hydroxylation sites is 1. The van der Waals surface area contributed by atoms with Crippen molar-refractivity contribution < 1.29 is 4.39 Å². The molecule has 0 aliphatic carbocycles. The second-order valence-electron chi connectivity index (χ2n) is 4.51. The number of benzene rings is 2. The van der Waals surface area contributed by atoms with Crippen molar-refractivity contribution in [2.24, 2.45) is 0 Å². The van der Waals surface area contributed by atoms with Crippen LogP contribution in [0.15, 0.2) is 46.9 Å². The Bertz CT molecular complexity index is 586. The third kappa shape index (κ3) is 3.19. The van der Waals surface area contributed by atoms with Crippen molar-refractivity contribution in [3.8, 4) is 0 Å². The average molecular weight is 337 g/mol. The molecule has 0 amide bonds. The van der Waals surface area contributed by atoms with Gasteiger partial charge in [-0.1, -0.05) is 18.2 Å². The summed E-state index contributed by atoms with van der Waals surface area (Å²) in [4.78, 5) is 1.96. The standard InChI is InChI=1S/C16H18BrFN2/c1-3-20(16-7-5-4-6-14(16)18)15-9-8-12(11-19-2)10-13(15)17/h4-10,19H,3,11H2,1-2H3. The number of nitrogens with one attached hydrogen (secondary N) is 1. The lowest BCUT2D eigenvalue weighted by Crippen LogP contribution is -2.18. The highest BCUT2D eigenvalue weighted by atomic mass is 79.9. The molecule has 4 heteroatoms. The van der Waals surface area contributed by atoms with Crippen LogP contribution in [0, 0.1) is 5.82 Å². The molecule has 106 valence electrons. The first-order valence-corrected chi connectivity index (χ1v) is 7.41. The smallest absolute Gasteiger partial charge is 0.146 e. The van der Waals surface area contributed by atoms with Crippen LogP contribution in [0.5, 0.6) is 0 Å². The number of anilines is 2. The van der Waals surface area contributed by atoms with Crippen LogP contribution in [-0.4, -0.2) is 13.6 Å². The highest BCUT2D eigenvalue weighted by molar-refractivity contribution is 9.10. The van der Waals surface area contributed by atoms with Gasteiger partial charge in [0.2, 0.25) is 0 Å². The summed E-state index contributed by atoms with van der Waals surface area (Å²) in [6.07, 6.45) is 0. The van der Waals surface area contributed by atoms with Crippen LogP contribution < -0.4 is 10.2 Å². The van der Waals surface area contributed by atoms with Gasteiger partial charge in [0.15, 0.2) is 0 Å². The van der Waals surface area contributed by atoms with Crippen molar-refractivity contribution in [1.29, 1.82) is 0 Å². The maximum absolute atomic E-state index is 14.0. The maximum Gasteiger partial charge on any atom is 0.146 e. The Kier molecular flexibility index (Phi) is 5.15. The molecule has 1 N–H and O–H groups in total. The van der Waals surface area contributed by atoms with Gasteiger partial charge in [0, 0.05) is 17.6 Å². The van der Waals surface area contributed by atoms with Gasteiger partial charge in [-0.3, -0.25) is 0 Å². The predicted octanol–water partition coefficient (Wildman–Crippen LogP) is 4.47. The number of halogens is 2. The van der Waals surface area contributed by atoms with Gasteiger partial charge in [-0.15, -0.1) is 0 Å². The first-order valence-electron chi connectivity index (χ1n) is 6.62. The van der Waals surface area contributed by atoms with Crippen molar-refractivity contribution in [3.63, 3.8) is 0 Å². The van der Waals surface area contributed by atoms with E-state index in [0.717, 1.165) is 16.7 Å². The van der Waals surface area contributed by atoms with Crippen molar-refractivity contribution in [2.45, 2.75) is 13.5 Å². The van der Waals surface area contributed by atoms with Crippen molar-refractivity contribution in [1.82, 2.24) is 5.32 Å². The van der Waals surface area contributed by atoms with E-state index in [2.05, 4.69) is 33.4 Å². The van der Waals surface area contributed by atoms with E-state index < -0.39 is 0 Å². The van der Waals surface area contributed by atoms with Crippen LogP contribution in [0.1, 0.15) is 12.5 Å². The second-order valence-corrected chi connectivity index (χ2v) is 5.37. The average Bonchev–Trinajstić information content (AvgIpc) is 2.44. The molecule has 0 saturated carbocycles. The van der Waals surface area contributed by atoms with Crippen molar-refractivity contribution in [2.75, 3.05) is 18.5 Å². The third-order valence-electron chi connectivity index (χ3n) is 3.14. The Hall–Kier alpha value is -1.39. The Balaban J connectivity index is 2.40. The molecule has 2 aromatic rings. The summed E-state index contributed by atoms with van der Waals surface area (Å²) in [6, 6.07) is 13.0. The first-order chi connectivity index (χ1) is 9.67. The predicted molar refractivity (Wildman–Crippen MR) is 86.0 cm³/mol. The van der Waals surface area contributed by atoms with E-state index in [4.69, 9.17) is 0 Å². The molecule has 2 rings (SSSR count). The minimum atomic E-state index is -0.208. The van der Waals surface area contributed by atoms with E-state index in [1.165, 1.54) is 11.6 Å². The molecule has 0 saturated heterocycles. The van der Waals surface area contributed by atoms with Crippen molar-refractivity contribution in [3.05, 3.63) is 58.3 Å². The molecule has 0 spiro atoms. The molecule has 0 unspecified atom stereocenters. The van der Waals surface area contributed by atoms with E-state index in [1.807, 2.05) is 31.0 Å². The minimum Gasteiger partial charge on any atom is -0.338 e. The van der Waals surface area contributed by atoms with Crippen LogP contribution in [0.4, 0.5) is 15.8 Å². The van der Waals surface area contributed by atoms with Gasteiger partial charge in [0.05, 0.1) is 11.4 Å². The molecule has 0 aliphatic heterocycles. The quantitative estimate of drug-likeness (QED) is 0.866. The molecule has 0 bridgehead atoms. The summed E-state index contributed by atoms with van der Waals surface area (Å²) in [5.41, 5.74) is 2.75. The van der Waals surface area contributed by atoms with Crippen LogP contribution >= 0.6 is 15.9 Å². The Morgan fingerprint density at radius 3 is 2.50 bits per heavy atom. The normalized spacial score (nSPS) is 10.6. The molecule has 0 aliphatic rings. The molecule has 0 heterocycles. The largest absolute Gasteiger partial charge is 0.338 e. The lowest BCUT2D eigenvalue weighted by Gasteiger charge is -2.25. The van der Waals surface area contributed by atoms with Crippen LogP contribution in [-0.2, 0) is 6.54 Å². The third-order valence-corrected chi connectivity index (χ3v) is 3.78. The van der Waals surface area contributed by atoms with Crippen LogP contribution in [0.2, 0.25) is 0 Å². The number of hydrogen-bond donors (Lipinski definition) is 1. The zero-order valence-electron chi connectivity index (χ0n) is 11.7. The van der Waals surface area contributed by atoms with E-state index in [1.54, 1.807) is 12.1 Å². The minimum absolute atomic E-state index is 0.208. The van der Waals surface area contributed by atoms with Gasteiger partial charge in [0.1, 0.15) is 5.82 Å². The zero-order valence-corrected chi connectivity index (χ0v) is 13.2. The van der Waals surface area contributed by atoms with Crippen LogP contribution in [0.3, 0.4) is 0 Å². The lowest BCUT2D eigenvalue weighted by atomic mass is 10.1.